The number of halogens is 1. The van der Waals surface area contributed by atoms with Crippen molar-refractivity contribution in [1.82, 2.24) is 4.90 Å². The molecule has 4 nitrogen and oxygen atoms in total. The van der Waals surface area contributed by atoms with Crippen LogP contribution >= 0.6 is 0 Å². The number of nitrogens with two attached hydrogens (primary N) is 1. The number of hydrogen-bond acceptors (Lipinski definition) is 3. The average Bonchev–Trinajstić information content (AvgIpc) is 2.28. The van der Waals surface area contributed by atoms with Crippen molar-refractivity contribution in [2.45, 2.75) is 38.9 Å². The molecule has 110 valence electrons. The number of anilines is 1. The Hall–Kier alpha value is -1.62. The summed E-state index contributed by atoms with van der Waals surface area (Å²) < 4.78 is 19.4. The third-order valence-corrected chi connectivity index (χ3v) is 3.27. The molecule has 20 heavy (non-hydrogen) atoms. The van der Waals surface area contributed by atoms with E-state index in [1.165, 1.54) is 12.1 Å². The summed E-state index contributed by atoms with van der Waals surface area (Å²) in [6, 6.07) is 4.30. The SMILES string of the molecule is CC1(C)CN(C(=O)c2cccc(F)c2N)CC(C)(C)O1. The van der Waals surface area contributed by atoms with Crippen LogP contribution in [-0.2, 0) is 4.74 Å². The zero-order chi connectivity index (χ0) is 15.1. The molecule has 1 fully saturated rings. The number of morpholine rings is 1. The number of carbonyl (C=O) groups excluding carboxylic acids is 1. The molecule has 0 spiro atoms. The van der Waals surface area contributed by atoms with Gasteiger partial charge in [-0.15, -0.1) is 0 Å². The van der Waals surface area contributed by atoms with Crippen LogP contribution in [0.3, 0.4) is 0 Å². The molecule has 1 amide bonds. The normalized spacial score (nSPS) is 20.8. The first kappa shape index (κ1) is 14.8. The minimum absolute atomic E-state index is 0.0976. The van der Waals surface area contributed by atoms with E-state index in [-0.39, 0.29) is 17.2 Å². The van der Waals surface area contributed by atoms with Crippen molar-refractivity contribution in [2.75, 3.05) is 18.8 Å². The Kier molecular flexibility index (Phi) is 3.50. The van der Waals surface area contributed by atoms with Gasteiger partial charge >= 0.3 is 0 Å². The Labute approximate surface area is 118 Å². The zero-order valence-corrected chi connectivity index (χ0v) is 12.4. The third-order valence-electron chi connectivity index (χ3n) is 3.27. The molecule has 0 radical (unpaired) electrons. The molecule has 1 aliphatic heterocycles. The fourth-order valence-corrected chi connectivity index (χ4v) is 2.83. The number of nitrogens with zero attached hydrogens (tertiary/aromatic N) is 1. The highest BCUT2D eigenvalue weighted by atomic mass is 19.1. The van der Waals surface area contributed by atoms with Gasteiger partial charge in [-0.05, 0) is 39.8 Å². The fourth-order valence-electron chi connectivity index (χ4n) is 2.83. The number of hydrogen-bond donors (Lipinski definition) is 1. The Bertz CT molecular complexity index is 525. The van der Waals surface area contributed by atoms with Gasteiger partial charge in [-0.2, -0.15) is 0 Å². The van der Waals surface area contributed by atoms with Gasteiger partial charge in [0, 0.05) is 13.1 Å². The van der Waals surface area contributed by atoms with Crippen LogP contribution in [0.25, 0.3) is 0 Å². The lowest BCUT2D eigenvalue weighted by Gasteiger charge is -2.47. The topological polar surface area (TPSA) is 55.6 Å². The number of amides is 1. The molecule has 2 rings (SSSR count). The van der Waals surface area contributed by atoms with Gasteiger partial charge in [0.15, 0.2) is 0 Å². The number of benzene rings is 1. The molecule has 0 aromatic heterocycles. The quantitative estimate of drug-likeness (QED) is 0.804. The lowest BCUT2D eigenvalue weighted by molar-refractivity contribution is -0.171. The van der Waals surface area contributed by atoms with E-state index in [4.69, 9.17) is 10.5 Å². The fraction of sp³-hybridized carbons (Fsp3) is 0.533. The molecule has 1 aliphatic rings. The maximum Gasteiger partial charge on any atom is 0.256 e. The lowest BCUT2D eigenvalue weighted by Crippen LogP contribution is -2.58. The Morgan fingerprint density at radius 1 is 1.25 bits per heavy atom. The molecule has 0 bridgehead atoms. The van der Waals surface area contributed by atoms with Crippen LogP contribution in [-0.4, -0.2) is 35.1 Å². The number of ether oxygens (including phenoxy) is 1. The molecule has 1 aromatic rings. The van der Waals surface area contributed by atoms with Gasteiger partial charge in [0.05, 0.1) is 22.5 Å². The van der Waals surface area contributed by atoms with E-state index in [1.807, 2.05) is 27.7 Å². The van der Waals surface area contributed by atoms with Crippen LogP contribution in [0.15, 0.2) is 18.2 Å². The van der Waals surface area contributed by atoms with Crippen LogP contribution in [0.4, 0.5) is 10.1 Å². The van der Waals surface area contributed by atoms with Crippen molar-refractivity contribution in [3.63, 3.8) is 0 Å². The molecule has 0 aliphatic carbocycles. The molecule has 0 saturated carbocycles. The second-order valence-electron chi connectivity index (χ2n) is 6.48. The van der Waals surface area contributed by atoms with Crippen LogP contribution < -0.4 is 5.73 Å². The summed E-state index contributed by atoms with van der Waals surface area (Å²) in [6.45, 7) is 8.63. The van der Waals surface area contributed by atoms with Gasteiger partial charge in [-0.25, -0.2) is 4.39 Å². The van der Waals surface area contributed by atoms with Crippen LogP contribution in [0, 0.1) is 5.82 Å². The van der Waals surface area contributed by atoms with E-state index in [1.54, 1.807) is 11.0 Å². The summed E-state index contributed by atoms with van der Waals surface area (Å²) in [5.41, 5.74) is 4.89. The van der Waals surface area contributed by atoms with E-state index >= 15 is 0 Å². The highest BCUT2D eigenvalue weighted by Crippen LogP contribution is 2.30. The zero-order valence-electron chi connectivity index (χ0n) is 12.4. The predicted octanol–water partition coefficient (Wildman–Crippen LogP) is 2.44. The van der Waals surface area contributed by atoms with E-state index in [9.17, 15) is 9.18 Å². The number of rotatable bonds is 1. The summed E-state index contributed by atoms with van der Waals surface area (Å²) in [6.07, 6.45) is 0. The first-order chi connectivity index (χ1) is 9.11. The highest BCUT2D eigenvalue weighted by molar-refractivity contribution is 5.99. The van der Waals surface area contributed by atoms with Gasteiger partial charge in [-0.3, -0.25) is 4.79 Å². The van der Waals surface area contributed by atoms with Gasteiger partial charge in [0.2, 0.25) is 0 Å². The Balaban J connectivity index is 2.31. The summed E-state index contributed by atoms with van der Waals surface area (Å²) in [7, 11) is 0. The van der Waals surface area contributed by atoms with Gasteiger partial charge < -0.3 is 15.4 Å². The van der Waals surface area contributed by atoms with Crippen molar-refractivity contribution in [3.8, 4) is 0 Å². The minimum atomic E-state index is -0.567. The van der Waals surface area contributed by atoms with E-state index in [0.717, 1.165) is 0 Å². The maximum absolute atomic E-state index is 13.5. The molecule has 0 unspecified atom stereocenters. The monoisotopic (exact) mass is 280 g/mol. The third kappa shape index (κ3) is 2.93. The van der Waals surface area contributed by atoms with Crippen molar-refractivity contribution < 1.29 is 13.9 Å². The second kappa shape index (κ2) is 4.74. The Morgan fingerprint density at radius 2 is 1.80 bits per heavy atom. The number of para-hydroxylation sites is 1. The summed E-state index contributed by atoms with van der Waals surface area (Å²) >= 11 is 0. The van der Waals surface area contributed by atoms with E-state index < -0.39 is 17.0 Å². The summed E-state index contributed by atoms with van der Waals surface area (Å²) in [4.78, 5) is 14.2. The number of nitrogen functional groups attached to an aromatic ring is 1. The largest absolute Gasteiger partial charge is 0.396 e. The molecular formula is C15H21FN2O2. The van der Waals surface area contributed by atoms with Crippen molar-refractivity contribution in [1.29, 1.82) is 0 Å². The van der Waals surface area contributed by atoms with Crippen LogP contribution in [0.1, 0.15) is 38.1 Å². The number of carbonyl (C=O) groups is 1. The molecule has 5 heteroatoms. The predicted molar refractivity (Wildman–Crippen MR) is 76.0 cm³/mol. The molecule has 1 saturated heterocycles. The first-order valence-electron chi connectivity index (χ1n) is 6.65. The molecule has 1 heterocycles. The van der Waals surface area contributed by atoms with Crippen LogP contribution in [0.2, 0.25) is 0 Å². The van der Waals surface area contributed by atoms with E-state index in [2.05, 4.69) is 0 Å². The van der Waals surface area contributed by atoms with Gasteiger partial charge in [-0.1, -0.05) is 6.07 Å². The van der Waals surface area contributed by atoms with Crippen molar-refractivity contribution in [3.05, 3.63) is 29.6 Å². The second-order valence-corrected chi connectivity index (χ2v) is 6.48. The standard InChI is InChI=1S/C15H21FN2O2/c1-14(2)8-18(9-15(3,4)20-14)13(19)10-6-5-7-11(16)12(10)17/h5-7H,8-9,17H2,1-4H3. The van der Waals surface area contributed by atoms with Crippen LogP contribution in [0.5, 0.6) is 0 Å². The lowest BCUT2D eigenvalue weighted by atomic mass is 9.98. The van der Waals surface area contributed by atoms with Gasteiger partial charge in [0.1, 0.15) is 5.82 Å². The van der Waals surface area contributed by atoms with Crippen molar-refractivity contribution >= 4 is 11.6 Å². The summed E-state index contributed by atoms with van der Waals surface area (Å²) in [5.74, 6) is -0.825. The first-order valence-corrected chi connectivity index (χ1v) is 6.65. The Morgan fingerprint density at radius 3 is 2.35 bits per heavy atom. The van der Waals surface area contributed by atoms with Crippen molar-refractivity contribution in [2.24, 2.45) is 0 Å². The molecule has 0 atom stereocenters. The molecule has 2 N–H and O–H groups in total. The van der Waals surface area contributed by atoms with E-state index in [0.29, 0.717) is 13.1 Å². The van der Waals surface area contributed by atoms with Gasteiger partial charge in [0.25, 0.3) is 5.91 Å². The molecule has 1 aromatic carbocycles. The average molecular weight is 280 g/mol. The highest BCUT2D eigenvalue weighted by Gasteiger charge is 2.40. The molecular weight excluding hydrogens is 259 g/mol. The summed E-state index contributed by atoms with van der Waals surface area (Å²) in [5, 5.41) is 0. The maximum atomic E-state index is 13.5. The smallest absolute Gasteiger partial charge is 0.256 e. The minimum Gasteiger partial charge on any atom is -0.396 e.